The molecule has 0 unspecified atom stereocenters. The van der Waals surface area contributed by atoms with Crippen LogP contribution in [0.15, 0.2) is 17.2 Å². The first-order valence-electron chi connectivity index (χ1n) is 7.22. The quantitative estimate of drug-likeness (QED) is 0.801. The van der Waals surface area contributed by atoms with Gasteiger partial charge in [0, 0.05) is 38.1 Å². The van der Waals surface area contributed by atoms with E-state index in [1.165, 1.54) is 4.31 Å². The SMILES string of the molecule is CCCN(C)S(=O)(=O)c1cc(CNCC)n(C(C)C)c1. The minimum atomic E-state index is -3.38. The zero-order valence-electron chi connectivity index (χ0n) is 13.2. The molecule has 0 radical (unpaired) electrons. The lowest BCUT2D eigenvalue weighted by atomic mass is 10.3. The highest BCUT2D eigenvalue weighted by Crippen LogP contribution is 2.21. The topological polar surface area (TPSA) is 54.3 Å². The Labute approximate surface area is 123 Å². The van der Waals surface area contributed by atoms with E-state index in [0.29, 0.717) is 18.0 Å². The first kappa shape index (κ1) is 17.2. The molecule has 0 aromatic carbocycles. The minimum absolute atomic E-state index is 0.240. The van der Waals surface area contributed by atoms with Crippen LogP contribution in [0.25, 0.3) is 0 Å². The fourth-order valence-corrected chi connectivity index (χ4v) is 3.44. The van der Waals surface area contributed by atoms with E-state index in [2.05, 4.69) is 19.2 Å². The van der Waals surface area contributed by atoms with Gasteiger partial charge in [-0.3, -0.25) is 0 Å². The van der Waals surface area contributed by atoms with Crippen molar-refractivity contribution in [3.8, 4) is 0 Å². The second kappa shape index (κ2) is 7.24. The van der Waals surface area contributed by atoms with E-state index in [1.54, 1.807) is 19.3 Å². The van der Waals surface area contributed by atoms with Crippen molar-refractivity contribution in [1.29, 1.82) is 0 Å². The van der Waals surface area contributed by atoms with Crippen LogP contribution >= 0.6 is 0 Å². The zero-order valence-corrected chi connectivity index (χ0v) is 14.0. The van der Waals surface area contributed by atoms with Crippen LogP contribution in [0.1, 0.15) is 45.9 Å². The number of hydrogen-bond donors (Lipinski definition) is 1. The van der Waals surface area contributed by atoms with Crippen LogP contribution in [0.3, 0.4) is 0 Å². The van der Waals surface area contributed by atoms with E-state index >= 15 is 0 Å². The average Bonchev–Trinajstić information content (AvgIpc) is 2.81. The van der Waals surface area contributed by atoms with Crippen LogP contribution in [-0.2, 0) is 16.6 Å². The van der Waals surface area contributed by atoms with Gasteiger partial charge >= 0.3 is 0 Å². The van der Waals surface area contributed by atoms with Gasteiger partial charge in [0.25, 0.3) is 0 Å². The van der Waals surface area contributed by atoms with E-state index in [4.69, 9.17) is 0 Å². The lowest BCUT2D eigenvalue weighted by Gasteiger charge is -2.15. The molecule has 0 amide bonds. The van der Waals surface area contributed by atoms with Gasteiger partial charge in [-0.05, 0) is 32.9 Å². The van der Waals surface area contributed by atoms with Gasteiger partial charge in [0.2, 0.25) is 10.0 Å². The maximum absolute atomic E-state index is 12.5. The first-order chi connectivity index (χ1) is 9.34. The summed E-state index contributed by atoms with van der Waals surface area (Å²) in [5, 5.41) is 3.25. The largest absolute Gasteiger partial charge is 0.346 e. The van der Waals surface area contributed by atoms with Crippen LogP contribution < -0.4 is 5.32 Å². The molecule has 1 aromatic heterocycles. The van der Waals surface area contributed by atoms with Crippen LogP contribution in [0.5, 0.6) is 0 Å². The number of aromatic nitrogens is 1. The van der Waals surface area contributed by atoms with Gasteiger partial charge in [0.15, 0.2) is 0 Å². The Bertz CT molecular complexity index is 521. The number of nitrogens with one attached hydrogen (secondary N) is 1. The Hall–Kier alpha value is -0.850. The summed E-state index contributed by atoms with van der Waals surface area (Å²) in [4.78, 5) is 0.384. The zero-order chi connectivity index (χ0) is 15.3. The predicted molar refractivity (Wildman–Crippen MR) is 82.3 cm³/mol. The number of sulfonamides is 1. The summed E-state index contributed by atoms with van der Waals surface area (Å²) in [7, 11) is -1.74. The van der Waals surface area contributed by atoms with E-state index in [-0.39, 0.29) is 6.04 Å². The molecule has 1 heterocycles. The molecule has 0 saturated heterocycles. The minimum Gasteiger partial charge on any atom is -0.346 e. The van der Waals surface area contributed by atoms with Crippen molar-refractivity contribution in [3.63, 3.8) is 0 Å². The molecule has 6 heteroatoms. The van der Waals surface area contributed by atoms with Crippen LogP contribution in [-0.4, -0.2) is 37.4 Å². The van der Waals surface area contributed by atoms with Gasteiger partial charge in [0.05, 0.1) is 0 Å². The number of rotatable bonds is 8. The van der Waals surface area contributed by atoms with Crippen LogP contribution in [0.4, 0.5) is 0 Å². The van der Waals surface area contributed by atoms with Crippen LogP contribution in [0.2, 0.25) is 0 Å². The third-order valence-corrected chi connectivity index (χ3v) is 5.09. The van der Waals surface area contributed by atoms with Crippen molar-refractivity contribution in [2.45, 2.75) is 51.6 Å². The van der Waals surface area contributed by atoms with Crippen molar-refractivity contribution in [1.82, 2.24) is 14.2 Å². The van der Waals surface area contributed by atoms with Gasteiger partial charge in [-0.2, -0.15) is 0 Å². The molecule has 0 saturated carbocycles. The summed E-state index contributed by atoms with van der Waals surface area (Å²) in [6, 6.07) is 2.02. The van der Waals surface area contributed by atoms with Gasteiger partial charge in [0.1, 0.15) is 4.90 Å². The lowest BCUT2D eigenvalue weighted by molar-refractivity contribution is 0.468. The monoisotopic (exact) mass is 301 g/mol. The Morgan fingerprint density at radius 1 is 1.35 bits per heavy atom. The summed E-state index contributed by atoms with van der Waals surface area (Å²) < 4.78 is 28.4. The van der Waals surface area contributed by atoms with Crippen LogP contribution in [0, 0.1) is 0 Å². The molecule has 0 fully saturated rings. The van der Waals surface area contributed by atoms with E-state index in [0.717, 1.165) is 18.7 Å². The summed E-state index contributed by atoms with van der Waals surface area (Å²) in [5.74, 6) is 0. The summed E-state index contributed by atoms with van der Waals surface area (Å²) in [5.41, 5.74) is 1.00. The van der Waals surface area contributed by atoms with E-state index in [1.807, 2.05) is 18.4 Å². The molecular formula is C14H27N3O2S. The van der Waals surface area contributed by atoms with Gasteiger partial charge in [-0.15, -0.1) is 0 Å². The van der Waals surface area contributed by atoms with Gasteiger partial charge in [-0.25, -0.2) is 12.7 Å². The summed E-state index contributed by atoms with van der Waals surface area (Å²) >= 11 is 0. The molecule has 5 nitrogen and oxygen atoms in total. The Morgan fingerprint density at radius 2 is 2.00 bits per heavy atom. The standard InChI is InChI=1S/C14H27N3O2S/c1-6-8-16(5)20(18,19)14-9-13(10-15-7-2)17(11-14)12(3)4/h9,11-12,15H,6-8,10H2,1-5H3. The smallest absolute Gasteiger partial charge is 0.244 e. The summed E-state index contributed by atoms with van der Waals surface area (Å²) in [6.07, 6.45) is 2.56. The molecular weight excluding hydrogens is 274 g/mol. The van der Waals surface area contributed by atoms with Crippen molar-refractivity contribution in [3.05, 3.63) is 18.0 Å². The highest BCUT2D eigenvalue weighted by atomic mass is 32.2. The molecule has 20 heavy (non-hydrogen) atoms. The van der Waals surface area contributed by atoms with Gasteiger partial charge in [-0.1, -0.05) is 13.8 Å². The third-order valence-electron chi connectivity index (χ3n) is 3.27. The number of hydrogen-bond acceptors (Lipinski definition) is 3. The first-order valence-corrected chi connectivity index (χ1v) is 8.66. The molecule has 0 bridgehead atoms. The Morgan fingerprint density at radius 3 is 2.50 bits per heavy atom. The Balaban J connectivity index is 3.13. The molecule has 0 aliphatic heterocycles. The highest BCUT2D eigenvalue weighted by molar-refractivity contribution is 7.89. The molecule has 1 rings (SSSR count). The molecule has 0 aliphatic rings. The fraction of sp³-hybridized carbons (Fsp3) is 0.714. The van der Waals surface area contributed by atoms with Crippen molar-refractivity contribution >= 4 is 10.0 Å². The normalized spacial score (nSPS) is 12.6. The van der Waals surface area contributed by atoms with E-state index < -0.39 is 10.0 Å². The van der Waals surface area contributed by atoms with Gasteiger partial charge < -0.3 is 9.88 Å². The van der Waals surface area contributed by atoms with Crippen molar-refractivity contribution in [2.75, 3.05) is 20.1 Å². The molecule has 0 aliphatic carbocycles. The second-order valence-corrected chi connectivity index (χ2v) is 7.32. The maximum Gasteiger partial charge on any atom is 0.244 e. The summed E-state index contributed by atoms with van der Waals surface area (Å²) in [6.45, 7) is 10.2. The Kier molecular flexibility index (Phi) is 6.23. The molecule has 116 valence electrons. The second-order valence-electron chi connectivity index (χ2n) is 5.28. The number of nitrogens with zero attached hydrogens (tertiary/aromatic N) is 2. The van der Waals surface area contributed by atoms with Crippen molar-refractivity contribution in [2.24, 2.45) is 0 Å². The van der Waals surface area contributed by atoms with E-state index in [9.17, 15) is 8.42 Å². The molecule has 0 atom stereocenters. The molecule has 1 N–H and O–H groups in total. The lowest BCUT2D eigenvalue weighted by Crippen LogP contribution is -2.27. The fourth-order valence-electron chi connectivity index (χ4n) is 2.13. The highest BCUT2D eigenvalue weighted by Gasteiger charge is 2.23. The predicted octanol–water partition coefficient (Wildman–Crippen LogP) is 2.21. The third kappa shape index (κ3) is 3.84. The molecule has 0 spiro atoms. The van der Waals surface area contributed by atoms with Crippen molar-refractivity contribution < 1.29 is 8.42 Å². The maximum atomic E-state index is 12.5. The average molecular weight is 301 g/mol. The molecule has 1 aromatic rings.